The Morgan fingerprint density at radius 3 is 2.52 bits per heavy atom. The molecule has 1 aliphatic rings. The van der Waals surface area contributed by atoms with Gasteiger partial charge in [-0.25, -0.2) is 13.2 Å². The minimum atomic E-state index is -3.71. The molecule has 0 spiro atoms. The number of methoxy groups -OCH3 is 1. The van der Waals surface area contributed by atoms with Gasteiger partial charge in [-0.2, -0.15) is 4.31 Å². The topological polar surface area (TPSA) is 86.0 Å². The predicted octanol–water partition coefficient (Wildman–Crippen LogP) is 3.31. The van der Waals surface area contributed by atoms with E-state index in [2.05, 4.69) is 0 Å². The van der Waals surface area contributed by atoms with Crippen LogP contribution >= 0.6 is 0 Å². The highest BCUT2D eigenvalue weighted by Crippen LogP contribution is 2.38. The van der Waals surface area contributed by atoms with Gasteiger partial charge in [0.05, 0.1) is 30.9 Å². The zero-order valence-corrected chi connectivity index (χ0v) is 17.4. The van der Waals surface area contributed by atoms with E-state index >= 15 is 0 Å². The van der Waals surface area contributed by atoms with E-state index in [1.807, 2.05) is 13.8 Å². The number of allylic oxidation sites excluding steroid dienone is 4. The van der Waals surface area contributed by atoms with Crippen molar-refractivity contribution < 1.29 is 27.1 Å². The third kappa shape index (κ3) is 4.27. The van der Waals surface area contributed by atoms with Gasteiger partial charge in [-0.15, -0.1) is 0 Å². The van der Waals surface area contributed by atoms with Gasteiger partial charge >= 0.3 is 5.97 Å². The Bertz CT molecular complexity index is 865. The average molecular weight is 397 g/mol. The summed E-state index contributed by atoms with van der Waals surface area (Å²) in [5.74, 6) is 0.360. The van der Waals surface area contributed by atoms with Gasteiger partial charge in [0.1, 0.15) is 5.76 Å². The highest BCUT2D eigenvalue weighted by atomic mass is 32.2. The van der Waals surface area contributed by atoms with Crippen LogP contribution in [-0.2, 0) is 26.0 Å². The molecule has 0 saturated carbocycles. The summed E-state index contributed by atoms with van der Waals surface area (Å²) in [5, 5.41) is 0. The summed E-state index contributed by atoms with van der Waals surface area (Å²) >= 11 is 0. The second-order valence-corrected chi connectivity index (χ2v) is 8.64. The van der Waals surface area contributed by atoms with E-state index in [0.29, 0.717) is 16.2 Å². The number of hydrogen-bond donors (Lipinski definition) is 0. The average Bonchev–Trinajstić information content (AvgIpc) is 3.06. The maximum Gasteiger partial charge on any atom is 0.374 e. The molecular formula is C19H27NO6S. The van der Waals surface area contributed by atoms with Gasteiger partial charge in [0.15, 0.2) is 0 Å². The molecule has 8 heteroatoms. The molecule has 0 amide bonds. The molecule has 7 nitrogen and oxygen atoms in total. The third-order valence-corrected chi connectivity index (χ3v) is 7.00. The van der Waals surface area contributed by atoms with Crippen molar-refractivity contribution in [1.29, 1.82) is 0 Å². The zero-order valence-electron chi connectivity index (χ0n) is 16.6. The van der Waals surface area contributed by atoms with Crippen LogP contribution in [0.15, 0.2) is 38.9 Å². The predicted molar refractivity (Wildman–Crippen MR) is 101 cm³/mol. The van der Waals surface area contributed by atoms with Crippen LogP contribution in [0.4, 0.5) is 0 Å². The van der Waals surface area contributed by atoms with Gasteiger partial charge < -0.3 is 13.9 Å². The molecule has 0 aromatic carbocycles. The molecule has 0 aliphatic heterocycles. The molecule has 1 aromatic rings. The summed E-state index contributed by atoms with van der Waals surface area (Å²) in [6.45, 7) is 7.55. The molecule has 0 bridgehead atoms. The Labute approximate surface area is 160 Å². The van der Waals surface area contributed by atoms with Gasteiger partial charge in [0, 0.05) is 18.9 Å². The minimum absolute atomic E-state index is 0.0144. The Balaban J connectivity index is 2.26. The van der Waals surface area contributed by atoms with Crippen molar-refractivity contribution in [2.75, 3.05) is 20.8 Å². The number of hydrogen-bond acceptors (Lipinski definition) is 6. The quantitative estimate of drug-likeness (QED) is 0.656. The first kappa shape index (κ1) is 21.2. The van der Waals surface area contributed by atoms with Crippen LogP contribution in [0.1, 0.15) is 44.0 Å². The van der Waals surface area contributed by atoms with Crippen LogP contribution in [0.25, 0.3) is 0 Å². The molecule has 0 saturated heterocycles. The van der Waals surface area contributed by atoms with Gasteiger partial charge in [0.2, 0.25) is 15.8 Å². The summed E-state index contributed by atoms with van der Waals surface area (Å²) in [6.07, 6.45) is 1.77. The largest absolute Gasteiger partial charge is 0.501 e. The number of nitrogens with zero attached hydrogens (tertiary/aromatic N) is 1. The lowest BCUT2D eigenvalue weighted by molar-refractivity contribution is 0.0487. The smallest absolute Gasteiger partial charge is 0.374 e. The molecule has 2 rings (SSSR count). The molecular weight excluding hydrogens is 370 g/mol. The molecule has 0 N–H and O–H groups in total. The van der Waals surface area contributed by atoms with Crippen LogP contribution in [0, 0.1) is 11.8 Å². The van der Waals surface area contributed by atoms with Crippen molar-refractivity contribution in [3.8, 4) is 0 Å². The number of esters is 1. The fourth-order valence-electron chi connectivity index (χ4n) is 3.18. The second-order valence-electron chi connectivity index (χ2n) is 6.62. The van der Waals surface area contributed by atoms with Crippen molar-refractivity contribution in [2.24, 2.45) is 11.8 Å². The van der Waals surface area contributed by atoms with Crippen molar-refractivity contribution in [1.82, 2.24) is 4.31 Å². The molecule has 27 heavy (non-hydrogen) atoms. The van der Waals surface area contributed by atoms with Crippen molar-refractivity contribution in [2.45, 2.75) is 34.2 Å². The van der Waals surface area contributed by atoms with Gasteiger partial charge in [-0.1, -0.05) is 13.8 Å². The van der Waals surface area contributed by atoms with Gasteiger partial charge in [-0.3, -0.25) is 0 Å². The number of rotatable bonds is 7. The Morgan fingerprint density at radius 2 is 1.93 bits per heavy atom. The highest BCUT2D eigenvalue weighted by Gasteiger charge is 2.36. The maximum atomic E-state index is 13.2. The van der Waals surface area contributed by atoms with E-state index in [4.69, 9.17) is 13.9 Å². The van der Waals surface area contributed by atoms with Crippen LogP contribution in [-0.4, -0.2) is 39.5 Å². The summed E-state index contributed by atoms with van der Waals surface area (Å²) in [5.41, 5.74) is 0.663. The first-order chi connectivity index (χ1) is 12.6. The number of furan rings is 1. The monoisotopic (exact) mass is 397 g/mol. The molecule has 2 unspecified atom stereocenters. The molecule has 0 fully saturated rings. The normalized spacial score (nSPS) is 20.6. The summed E-state index contributed by atoms with van der Waals surface area (Å²) < 4.78 is 43.2. The zero-order chi connectivity index (χ0) is 20.4. The lowest BCUT2D eigenvalue weighted by Crippen LogP contribution is -2.33. The lowest BCUT2D eigenvalue weighted by Gasteiger charge is -2.31. The van der Waals surface area contributed by atoms with E-state index < -0.39 is 16.0 Å². The van der Waals surface area contributed by atoms with Gasteiger partial charge in [0.25, 0.3) is 0 Å². The Morgan fingerprint density at radius 1 is 1.26 bits per heavy atom. The Hall–Kier alpha value is -2.06. The molecule has 150 valence electrons. The minimum Gasteiger partial charge on any atom is -0.501 e. The van der Waals surface area contributed by atoms with E-state index in [-0.39, 0.29) is 30.7 Å². The van der Waals surface area contributed by atoms with E-state index in [9.17, 15) is 13.2 Å². The summed E-state index contributed by atoms with van der Waals surface area (Å²) in [6, 6.07) is 3.06. The molecule has 2 atom stereocenters. The fraction of sp³-hybridized carbons (Fsp3) is 0.526. The number of ether oxygens (including phenoxy) is 2. The van der Waals surface area contributed by atoms with E-state index in [1.165, 1.54) is 17.4 Å². The van der Waals surface area contributed by atoms with Crippen LogP contribution in [0.2, 0.25) is 0 Å². The SMILES string of the molecule is CCOC(=O)c1ccc(CN(C)S(=O)(=O)C2=C(C)C=C(OC)C(C)C2C)o1. The summed E-state index contributed by atoms with van der Waals surface area (Å²) in [7, 11) is -0.623. The number of carbonyl (C=O) groups excluding carboxylic acids is 1. The van der Waals surface area contributed by atoms with Crippen LogP contribution < -0.4 is 0 Å². The summed E-state index contributed by atoms with van der Waals surface area (Å²) in [4.78, 5) is 12.1. The molecule has 1 aliphatic carbocycles. The van der Waals surface area contributed by atoms with Crippen LogP contribution in [0.5, 0.6) is 0 Å². The number of sulfonamides is 1. The second kappa shape index (κ2) is 8.31. The van der Waals surface area contributed by atoms with Crippen LogP contribution in [0.3, 0.4) is 0 Å². The first-order valence-electron chi connectivity index (χ1n) is 8.82. The number of carbonyl (C=O) groups is 1. The van der Waals surface area contributed by atoms with Crippen molar-refractivity contribution >= 4 is 16.0 Å². The molecule has 1 heterocycles. The Kier molecular flexibility index (Phi) is 6.54. The van der Waals surface area contributed by atoms with E-state index in [1.54, 1.807) is 33.1 Å². The molecule has 0 radical (unpaired) electrons. The highest BCUT2D eigenvalue weighted by molar-refractivity contribution is 7.93. The lowest BCUT2D eigenvalue weighted by atomic mass is 9.87. The first-order valence-corrected chi connectivity index (χ1v) is 10.3. The van der Waals surface area contributed by atoms with E-state index in [0.717, 1.165) is 5.76 Å². The fourth-order valence-corrected chi connectivity index (χ4v) is 4.95. The van der Waals surface area contributed by atoms with Gasteiger partial charge in [-0.05, 0) is 37.6 Å². The van der Waals surface area contributed by atoms with Crippen molar-refractivity contribution in [3.05, 3.63) is 46.0 Å². The molecule has 1 aromatic heterocycles. The van der Waals surface area contributed by atoms with Crippen molar-refractivity contribution in [3.63, 3.8) is 0 Å². The third-order valence-electron chi connectivity index (χ3n) is 4.80. The maximum absolute atomic E-state index is 13.2. The standard InChI is InChI=1S/C19H27NO6S/c1-7-25-19(21)16-9-8-15(26-16)11-20(5)27(22,23)18-12(2)10-17(24-6)13(3)14(18)4/h8-10,13-14H,7,11H2,1-6H3.